The summed E-state index contributed by atoms with van der Waals surface area (Å²) in [6.07, 6.45) is 2.52. The number of benzene rings is 1. The van der Waals surface area contributed by atoms with Crippen molar-refractivity contribution >= 4 is 23.2 Å². The molecule has 1 N–H and O–H groups in total. The smallest absolute Gasteiger partial charge is 0.269 e. The summed E-state index contributed by atoms with van der Waals surface area (Å²) in [5, 5.41) is 14.2. The number of nitrogens with zero attached hydrogens (tertiary/aromatic N) is 2. The van der Waals surface area contributed by atoms with Gasteiger partial charge in [-0.05, 0) is 18.9 Å². The van der Waals surface area contributed by atoms with Gasteiger partial charge in [-0.2, -0.15) is 0 Å². The van der Waals surface area contributed by atoms with Gasteiger partial charge in [0.2, 0.25) is 5.91 Å². The van der Waals surface area contributed by atoms with Crippen LogP contribution in [0.1, 0.15) is 31.0 Å². The van der Waals surface area contributed by atoms with Crippen LogP contribution in [0.3, 0.4) is 0 Å². The number of non-ortho nitro benzene ring substituents is 1. The number of carbonyl (C=O) groups excluding carboxylic acids is 1. The molecule has 6 nitrogen and oxygen atoms in total. The van der Waals surface area contributed by atoms with Gasteiger partial charge in [-0.15, -0.1) is 0 Å². The van der Waals surface area contributed by atoms with Crippen LogP contribution in [0.2, 0.25) is 5.02 Å². The molecule has 2 heterocycles. The molecule has 2 fully saturated rings. The van der Waals surface area contributed by atoms with E-state index in [0.717, 1.165) is 25.8 Å². The van der Waals surface area contributed by atoms with Gasteiger partial charge in [-0.1, -0.05) is 18.0 Å². The van der Waals surface area contributed by atoms with Crippen molar-refractivity contribution in [3.63, 3.8) is 0 Å². The van der Waals surface area contributed by atoms with Crippen LogP contribution in [-0.2, 0) is 4.79 Å². The number of hydrogen-bond acceptors (Lipinski definition) is 4. The third-order valence-electron chi connectivity index (χ3n) is 3.94. The van der Waals surface area contributed by atoms with E-state index in [-0.39, 0.29) is 23.8 Å². The number of fused-ring (bicyclic) bond motifs is 1. The lowest BCUT2D eigenvalue weighted by atomic mass is 10.0. The fourth-order valence-corrected chi connectivity index (χ4v) is 3.19. The highest BCUT2D eigenvalue weighted by atomic mass is 35.5. The fraction of sp³-hybridized carbons (Fsp3) is 0.462. The number of piperidine rings is 1. The van der Waals surface area contributed by atoms with Crippen molar-refractivity contribution in [3.8, 4) is 0 Å². The number of nitro groups is 1. The molecule has 0 saturated carbocycles. The second-order valence-electron chi connectivity index (χ2n) is 5.12. The molecule has 0 spiro atoms. The summed E-state index contributed by atoms with van der Waals surface area (Å²) < 4.78 is 0. The molecule has 1 aromatic rings. The van der Waals surface area contributed by atoms with Crippen molar-refractivity contribution in [1.29, 1.82) is 0 Å². The summed E-state index contributed by atoms with van der Waals surface area (Å²) in [4.78, 5) is 24.5. The van der Waals surface area contributed by atoms with Crippen LogP contribution >= 0.6 is 11.6 Å². The first-order valence-corrected chi connectivity index (χ1v) is 6.95. The van der Waals surface area contributed by atoms with Crippen LogP contribution in [-0.4, -0.2) is 28.3 Å². The second-order valence-corrected chi connectivity index (χ2v) is 5.53. The SMILES string of the molecule is O=C1NC(c2cc([N+](=O)[O-])ccc2Cl)N2CCCCC12. The summed E-state index contributed by atoms with van der Waals surface area (Å²) >= 11 is 6.16. The minimum absolute atomic E-state index is 0.0147. The normalized spacial score (nSPS) is 26.1. The number of hydrogen-bond donors (Lipinski definition) is 1. The number of nitrogens with one attached hydrogen (secondary N) is 1. The highest BCUT2D eigenvalue weighted by Crippen LogP contribution is 2.36. The van der Waals surface area contributed by atoms with E-state index < -0.39 is 4.92 Å². The first kappa shape index (κ1) is 13.3. The molecular weight excluding hydrogens is 282 g/mol. The minimum atomic E-state index is -0.454. The van der Waals surface area contributed by atoms with Gasteiger partial charge in [-0.3, -0.25) is 19.8 Å². The molecule has 2 aliphatic heterocycles. The van der Waals surface area contributed by atoms with Crippen LogP contribution in [0, 0.1) is 10.1 Å². The molecule has 1 amide bonds. The molecule has 106 valence electrons. The van der Waals surface area contributed by atoms with Crippen molar-refractivity contribution in [1.82, 2.24) is 10.2 Å². The zero-order valence-electron chi connectivity index (χ0n) is 10.7. The van der Waals surface area contributed by atoms with E-state index in [1.165, 1.54) is 18.2 Å². The van der Waals surface area contributed by atoms with Crippen molar-refractivity contribution in [2.24, 2.45) is 0 Å². The molecule has 3 rings (SSSR count). The molecular formula is C13H14ClN3O3. The lowest BCUT2D eigenvalue weighted by Gasteiger charge is -2.31. The van der Waals surface area contributed by atoms with E-state index in [1.54, 1.807) is 0 Å². The number of rotatable bonds is 2. The van der Waals surface area contributed by atoms with E-state index in [0.29, 0.717) is 10.6 Å². The van der Waals surface area contributed by atoms with Crippen LogP contribution in [0.5, 0.6) is 0 Å². The Balaban J connectivity index is 1.98. The van der Waals surface area contributed by atoms with Gasteiger partial charge in [-0.25, -0.2) is 0 Å². The summed E-state index contributed by atoms with van der Waals surface area (Å²) in [6, 6.07) is 4.20. The van der Waals surface area contributed by atoms with Crippen molar-refractivity contribution in [2.75, 3.05) is 6.54 Å². The zero-order chi connectivity index (χ0) is 14.3. The average Bonchev–Trinajstić information content (AvgIpc) is 2.77. The van der Waals surface area contributed by atoms with E-state index in [1.807, 2.05) is 0 Å². The van der Waals surface area contributed by atoms with Crippen molar-refractivity contribution < 1.29 is 9.72 Å². The first-order valence-electron chi connectivity index (χ1n) is 6.58. The van der Waals surface area contributed by atoms with Gasteiger partial charge in [0, 0.05) is 29.3 Å². The summed E-state index contributed by atoms with van der Waals surface area (Å²) in [7, 11) is 0. The average molecular weight is 296 g/mol. The van der Waals surface area contributed by atoms with Crippen molar-refractivity contribution in [2.45, 2.75) is 31.5 Å². The van der Waals surface area contributed by atoms with Crippen LogP contribution in [0.15, 0.2) is 18.2 Å². The monoisotopic (exact) mass is 295 g/mol. The summed E-state index contributed by atoms with van der Waals surface area (Å²) in [6.45, 7) is 0.799. The predicted octanol–water partition coefficient (Wildman–Crippen LogP) is 2.23. The molecule has 0 aromatic heterocycles. The quantitative estimate of drug-likeness (QED) is 0.670. The van der Waals surface area contributed by atoms with Gasteiger partial charge in [0.1, 0.15) is 6.17 Å². The van der Waals surface area contributed by atoms with Gasteiger partial charge in [0.05, 0.1) is 11.0 Å². The third-order valence-corrected chi connectivity index (χ3v) is 4.29. The van der Waals surface area contributed by atoms with Gasteiger partial charge in [0.25, 0.3) is 5.69 Å². The molecule has 0 bridgehead atoms. The number of nitro benzene ring substituents is 1. The first-order chi connectivity index (χ1) is 9.58. The lowest BCUT2D eigenvalue weighted by molar-refractivity contribution is -0.385. The molecule has 2 atom stereocenters. The van der Waals surface area contributed by atoms with Crippen molar-refractivity contribution in [3.05, 3.63) is 38.9 Å². The molecule has 2 saturated heterocycles. The standard InChI is InChI=1S/C13H14ClN3O3/c14-10-5-4-8(17(19)20)7-9(10)12-15-13(18)11-3-1-2-6-16(11)12/h4-5,7,11-12H,1-3,6H2,(H,15,18). The molecule has 0 aliphatic carbocycles. The molecule has 2 aliphatic rings. The zero-order valence-corrected chi connectivity index (χ0v) is 11.5. The number of halogens is 1. The van der Waals surface area contributed by atoms with Crippen LogP contribution < -0.4 is 5.32 Å². The van der Waals surface area contributed by atoms with Crippen LogP contribution in [0.4, 0.5) is 5.69 Å². The Labute approximate surface area is 120 Å². The predicted molar refractivity (Wildman–Crippen MR) is 73.3 cm³/mol. The lowest BCUT2D eigenvalue weighted by Crippen LogP contribution is -2.38. The Hall–Kier alpha value is -1.66. The van der Waals surface area contributed by atoms with Gasteiger partial charge in [0.15, 0.2) is 0 Å². The topological polar surface area (TPSA) is 75.5 Å². The van der Waals surface area contributed by atoms with Crippen LogP contribution in [0.25, 0.3) is 0 Å². The fourth-order valence-electron chi connectivity index (χ4n) is 2.97. The maximum atomic E-state index is 12.0. The minimum Gasteiger partial charge on any atom is -0.335 e. The highest BCUT2D eigenvalue weighted by Gasteiger charge is 2.42. The van der Waals surface area contributed by atoms with E-state index in [2.05, 4.69) is 10.2 Å². The summed E-state index contributed by atoms with van der Waals surface area (Å²) in [5.41, 5.74) is 0.581. The maximum absolute atomic E-state index is 12.0. The summed E-state index contributed by atoms with van der Waals surface area (Å²) in [5.74, 6) is -0.0164. The van der Waals surface area contributed by atoms with Gasteiger partial charge >= 0.3 is 0 Å². The number of amides is 1. The second kappa shape index (κ2) is 5.03. The van der Waals surface area contributed by atoms with Gasteiger partial charge < -0.3 is 5.32 Å². The molecule has 7 heteroatoms. The Morgan fingerprint density at radius 1 is 1.40 bits per heavy atom. The largest absolute Gasteiger partial charge is 0.335 e. The Morgan fingerprint density at radius 2 is 2.20 bits per heavy atom. The Morgan fingerprint density at radius 3 is 2.95 bits per heavy atom. The molecule has 1 aromatic carbocycles. The Kier molecular flexibility index (Phi) is 3.35. The molecule has 20 heavy (non-hydrogen) atoms. The van der Waals surface area contributed by atoms with E-state index >= 15 is 0 Å². The number of carbonyl (C=O) groups is 1. The maximum Gasteiger partial charge on any atom is 0.269 e. The molecule has 2 unspecified atom stereocenters. The molecule has 0 radical (unpaired) electrons. The highest BCUT2D eigenvalue weighted by molar-refractivity contribution is 6.31. The van der Waals surface area contributed by atoms with E-state index in [4.69, 9.17) is 11.6 Å². The van der Waals surface area contributed by atoms with E-state index in [9.17, 15) is 14.9 Å². The Bertz CT molecular complexity index is 578. The third kappa shape index (κ3) is 2.14.